The minimum atomic E-state index is -0.0327. The minimum absolute atomic E-state index is 0.0327. The van der Waals surface area contributed by atoms with E-state index in [0.717, 1.165) is 25.6 Å². The lowest BCUT2D eigenvalue weighted by Gasteiger charge is -2.50. The van der Waals surface area contributed by atoms with Gasteiger partial charge in [-0.25, -0.2) is 0 Å². The standard InChI is InChI=1S/C17H34N2O2/c1-12-11-21-15(10-20)9-19(12)16-7-14(17(2,3)4)6-5-13(16)8-18/h12-16,20H,5-11,18H2,1-4H3. The van der Waals surface area contributed by atoms with Crippen LogP contribution >= 0.6 is 0 Å². The van der Waals surface area contributed by atoms with E-state index in [1.165, 1.54) is 19.3 Å². The Morgan fingerprint density at radius 1 is 1.29 bits per heavy atom. The van der Waals surface area contributed by atoms with Crippen LogP contribution in [0.25, 0.3) is 0 Å². The van der Waals surface area contributed by atoms with Crippen molar-refractivity contribution in [3.8, 4) is 0 Å². The van der Waals surface area contributed by atoms with Crippen LogP contribution in [0.1, 0.15) is 47.0 Å². The molecule has 2 fully saturated rings. The summed E-state index contributed by atoms with van der Waals surface area (Å²) in [5.41, 5.74) is 6.42. The van der Waals surface area contributed by atoms with Crippen molar-refractivity contribution >= 4 is 0 Å². The molecule has 2 aliphatic rings. The first kappa shape index (κ1) is 17.2. The van der Waals surface area contributed by atoms with E-state index in [0.29, 0.717) is 23.4 Å². The topological polar surface area (TPSA) is 58.7 Å². The van der Waals surface area contributed by atoms with E-state index in [4.69, 9.17) is 10.5 Å². The Morgan fingerprint density at radius 3 is 2.57 bits per heavy atom. The molecule has 4 nitrogen and oxygen atoms in total. The lowest BCUT2D eigenvalue weighted by atomic mass is 9.67. The van der Waals surface area contributed by atoms with Crippen LogP contribution in [0.5, 0.6) is 0 Å². The largest absolute Gasteiger partial charge is 0.394 e. The van der Waals surface area contributed by atoms with Crippen LogP contribution in [0.3, 0.4) is 0 Å². The summed E-state index contributed by atoms with van der Waals surface area (Å²) in [7, 11) is 0. The molecule has 2 rings (SSSR count). The highest BCUT2D eigenvalue weighted by Crippen LogP contribution is 2.42. The summed E-state index contributed by atoms with van der Waals surface area (Å²) in [6.45, 7) is 11.8. The second-order valence-corrected chi connectivity index (χ2v) is 8.12. The van der Waals surface area contributed by atoms with Crippen LogP contribution in [-0.2, 0) is 4.74 Å². The zero-order valence-corrected chi connectivity index (χ0v) is 14.2. The molecule has 1 saturated heterocycles. The Morgan fingerprint density at radius 2 is 2.00 bits per heavy atom. The molecule has 0 aromatic rings. The molecule has 0 radical (unpaired) electrons. The normalized spacial score (nSPS) is 39.4. The van der Waals surface area contributed by atoms with E-state index in [-0.39, 0.29) is 12.7 Å². The Kier molecular flexibility index (Phi) is 5.69. The number of nitrogens with zero attached hydrogens (tertiary/aromatic N) is 1. The fourth-order valence-electron chi connectivity index (χ4n) is 4.09. The van der Waals surface area contributed by atoms with Crippen molar-refractivity contribution in [2.24, 2.45) is 23.0 Å². The van der Waals surface area contributed by atoms with Crippen LogP contribution in [0.2, 0.25) is 0 Å². The highest BCUT2D eigenvalue weighted by molar-refractivity contribution is 4.94. The fraction of sp³-hybridized carbons (Fsp3) is 1.00. The fourth-order valence-corrected chi connectivity index (χ4v) is 4.09. The van der Waals surface area contributed by atoms with E-state index in [1.54, 1.807) is 0 Å². The van der Waals surface area contributed by atoms with Gasteiger partial charge in [-0.3, -0.25) is 4.90 Å². The van der Waals surface area contributed by atoms with Crippen LogP contribution < -0.4 is 5.73 Å². The Balaban J connectivity index is 2.12. The van der Waals surface area contributed by atoms with E-state index in [2.05, 4.69) is 32.6 Å². The number of hydrogen-bond acceptors (Lipinski definition) is 4. The highest BCUT2D eigenvalue weighted by Gasteiger charge is 2.41. The van der Waals surface area contributed by atoms with E-state index >= 15 is 0 Å². The molecule has 124 valence electrons. The molecule has 1 aliphatic carbocycles. The second kappa shape index (κ2) is 6.95. The van der Waals surface area contributed by atoms with Crippen LogP contribution in [-0.4, -0.2) is 54.5 Å². The quantitative estimate of drug-likeness (QED) is 0.835. The molecule has 21 heavy (non-hydrogen) atoms. The third kappa shape index (κ3) is 3.98. The van der Waals surface area contributed by atoms with Gasteiger partial charge in [0.2, 0.25) is 0 Å². The van der Waals surface area contributed by atoms with Gasteiger partial charge in [0.15, 0.2) is 0 Å². The maximum absolute atomic E-state index is 9.42. The van der Waals surface area contributed by atoms with Gasteiger partial charge in [-0.15, -0.1) is 0 Å². The molecular weight excluding hydrogens is 264 g/mol. The molecule has 0 aromatic heterocycles. The van der Waals surface area contributed by atoms with E-state index < -0.39 is 0 Å². The smallest absolute Gasteiger partial charge is 0.0933 e. The summed E-state index contributed by atoms with van der Waals surface area (Å²) in [5, 5.41) is 9.42. The van der Waals surface area contributed by atoms with Crippen molar-refractivity contribution in [2.45, 2.75) is 65.1 Å². The van der Waals surface area contributed by atoms with Crippen LogP contribution in [0.15, 0.2) is 0 Å². The summed E-state index contributed by atoms with van der Waals surface area (Å²) < 4.78 is 5.70. The van der Waals surface area contributed by atoms with Crippen molar-refractivity contribution in [3.05, 3.63) is 0 Å². The Hall–Kier alpha value is -0.160. The summed E-state index contributed by atoms with van der Waals surface area (Å²) >= 11 is 0. The van der Waals surface area contributed by atoms with Gasteiger partial charge in [0.05, 0.1) is 19.3 Å². The van der Waals surface area contributed by atoms with E-state index in [1.807, 2.05) is 0 Å². The van der Waals surface area contributed by atoms with E-state index in [9.17, 15) is 5.11 Å². The van der Waals surface area contributed by atoms with Gasteiger partial charge in [0.1, 0.15) is 0 Å². The van der Waals surface area contributed by atoms with Gasteiger partial charge in [-0.1, -0.05) is 20.8 Å². The molecule has 0 bridgehead atoms. The Bertz CT molecular complexity index is 329. The van der Waals surface area contributed by atoms with Crippen LogP contribution in [0, 0.1) is 17.3 Å². The molecule has 1 saturated carbocycles. The first-order valence-corrected chi connectivity index (χ1v) is 8.55. The van der Waals surface area contributed by atoms with Crippen molar-refractivity contribution in [1.29, 1.82) is 0 Å². The molecule has 5 atom stereocenters. The highest BCUT2D eigenvalue weighted by atomic mass is 16.5. The lowest BCUT2D eigenvalue weighted by molar-refractivity contribution is -0.108. The molecule has 0 aromatic carbocycles. The molecule has 3 N–H and O–H groups in total. The van der Waals surface area contributed by atoms with Gasteiger partial charge >= 0.3 is 0 Å². The molecule has 1 aliphatic heterocycles. The molecule has 5 unspecified atom stereocenters. The predicted molar refractivity (Wildman–Crippen MR) is 86.1 cm³/mol. The molecule has 1 heterocycles. The zero-order valence-electron chi connectivity index (χ0n) is 14.2. The van der Waals surface area contributed by atoms with Crippen molar-refractivity contribution in [2.75, 3.05) is 26.3 Å². The second-order valence-electron chi connectivity index (χ2n) is 8.12. The monoisotopic (exact) mass is 298 g/mol. The molecular formula is C17H34N2O2. The number of hydrogen-bond donors (Lipinski definition) is 2. The number of ether oxygens (including phenoxy) is 1. The van der Waals surface area contributed by atoms with Gasteiger partial charge in [-0.05, 0) is 50.0 Å². The molecule has 0 spiro atoms. The van der Waals surface area contributed by atoms with Crippen molar-refractivity contribution in [3.63, 3.8) is 0 Å². The first-order chi connectivity index (χ1) is 9.86. The lowest BCUT2D eigenvalue weighted by Crippen LogP contribution is -2.58. The first-order valence-electron chi connectivity index (χ1n) is 8.55. The summed E-state index contributed by atoms with van der Waals surface area (Å²) in [6, 6.07) is 0.964. The SMILES string of the molecule is CC1COC(CO)CN1C1CC(C(C)(C)C)CCC1CN. The van der Waals surface area contributed by atoms with Gasteiger partial charge in [0.25, 0.3) is 0 Å². The number of rotatable bonds is 3. The summed E-state index contributed by atoms with van der Waals surface area (Å²) in [5.74, 6) is 1.34. The maximum atomic E-state index is 9.42. The van der Waals surface area contributed by atoms with Crippen molar-refractivity contribution in [1.82, 2.24) is 4.90 Å². The third-order valence-electron chi connectivity index (χ3n) is 5.67. The maximum Gasteiger partial charge on any atom is 0.0933 e. The number of aliphatic hydroxyl groups excluding tert-OH is 1. The van der Waals surface area contributed by atoms with Gasteiger partial charge in [0, 0.05) is 18.6 Å². The average molecular weight is 298 g/mol. The number of morpholine rings is 1. The zero-order chi connectivity index (χ0) is 15.6. The summed E-state index contributed by atoms with van der Waals surface area (Å²) in [4.78, 5) is 2.57. The summed E-state index contributed by atoms with van der Waals surface area (Å²) in [6.07, 6.45) is 3.73. The average Bonchev–Trinajstić information content (AvgIpc) is 2.46. The molecule has 4 heteroatoms. The van der Waals surface area contributed by atoms with Gasteiger partial charge < -0.3 is 15.6 Å². The van der Waals surface area contributed by atoms with Gasteiger partial charge in [-0.2, -0.15) is 0 Å². The number of nitrogens with two attached hydrogens (primary N) is 1. The van der Waals surface area contributed by atoms with Crippen molar-refractivity contribution < 1.29 is 9.84 Å². The number of aliphatic hydroxyl groups is 1. The Labute approximate surface area is 130 Å². The predicted octanol–water partition coefficient (Wildman–Crippen LogP) is 1.86. The minimum Gasteiger partial charge on any atom is -0.394 e. The van der Waals surface area contributed by atoms with Crippen LogP contribution in [0.4, 0.5) is 0 Å². The molecule has 0 amide bonds. The third-order valence-corrected chi connectivity index (χ3v) is 5.67.